The van der Waals surface area contributed by atoms with Crippen LogP contribution in [0, 0.1) is 0 Å². The van der Waals surface area contributed by atoms with E-state index in [9.17, 15) is 12.9 Å². The Morgan fingerprint density at radius 3 is 2.06 bits per heavy atom. The Hall–Kier alpha value is -0.295. The minimum Gasteiger partial charge on any atom is -1.00 e. The summed E-state index contributed by atoms with van der Waals surface area (Å²) in [6.07, 6.45) is 4.11. The maximum atomic E-state index is 9.67. The second-order valence-corrected chi connectivity index (χ2v) is 3.79. The smallest absolute Gasteiger partial charge is 0.762 e. The Bertz CT molecular complexity index is 149. The lowest BCUT2D eigenvalue weighted by atomic mass is 10.2. The molecule has 1 aliphatic rings. The van der Waals surface area contributed by atoms with Gasteiger partial charge in [-0.2, -0.15) is 0 Å². The normalized spacial score (nSPS) is 16.3. The van der Waals surface area contributed by atoms with Crippen molar-refractivity contribution in [2.75, 3.05) is 33.4 Å². The number of hydrogen-bond acceptors (Lipinski definition) is 2. The molecule has 0 unspecified atom stereocenters. The molecule has 0 bridgehead atoms. The monoisotopic (exact) mass is 243 g/mol. The third-order valence-corrected chi connectivity index (χ3v) is 2.32. The van der Waals surface area contributed by atoms with Crippen LogP contribution in [0.15, 0.2) is 0 Å². The summed E-state index contributed by atoms with van der Waals surface area (Å²) in [5.74, 6) is 0. The molecule has 1 rings (SSSR count). The lowest BCUT2D eigenvalue weighted by molar-refractivity contribution is -0.00000613. The highest BCUT2D eigenvalue weighted by atomic mass is 19.4. The van der Waals surface area contributed by atoms with Crippen LogP contribution in [0.5, 0.6) is 0 Å². The molecule has 0 aromatic carbocycles. The van der Waals surface area contributed by atoms with Gasteiger partial charge in [0, 0.05) is 13.1 Å². The van der Waals surface area contributed by atoms with Gasteiger partial charge in [0.1, 0.15) is 0 Å². The number of rotatable bonds is 4. The number of hydrogen-bond donors (Lipinski definition) is 0. The molecule has 1 heterocycles. The highest BCUT2D eigenvalue weighted by Crippen LogP contribution is 2.04. The predicted octanol–water partition coefficient (Wildman–Crippen LogP) is -0.735. The van der Waals surface area contributed by atoms with Gasteiger partial charge in [0.15, 0.2) is 0 Å². The fraction of sp³-hybridized carbons (Fsp3) is 1.00. The minimum absolute atomic E-state index is 0. The summed E-state index contributed by atoms with van der Waals surface area (Å²) in [4.78, 5) is 4.92. The van der Waals surface area contributed by atoms with Crippen LogP contribution in [-0.4, -0.2) is 50.7 Å². The van der Waals surface area contributed by atoms with Crippen molar-refractivity contribution in [1.82, 2.24) is 9.80 Å². The van der Waals surface area contributed by atoms with Gasteiger partial charge in [-0.3, -0.25) is 22.7 Å². The molecular formula is C9H20BF4N2-. The molecule has 0 atom stereocenters. The molecule has 0 amide bonds. The molecule has 98 valence electrons. The minimum atomic E-state index is -3.67. The Kier molecular flexibility index (Phi) is 12.7. The molecule has 1 aliphatic heterocycles. The molecule has 0 N–H and O–H groups in total. The summed E-state index contributed by atoms with van der Waals surface area (Å²) < 4.78 is 29.0. The largest absolute Gasteiger partial charge is 1.00 e. The summed E-state index contributed by atoms with van der Waals surface area (Å²) in [7, 11) is -1.47. The number of likely N-dealkylation sites (N-methyl/N-ethyl adjacent to an activating group) is 1. The Morgan fingerprint density at radius 1 is 1.12 bits per heavy atom. The molecule has 7 heteroatoms. The zero-order valence-electron chi connectivity index (χ0n) is 9.93. The van der Waals surface area contributed by atoms with E-state index in [-0.39, 0.29) is 4.70 Å². The maximum absolute atomic E-state index is 9.67. The molecule has 0 radical (unpaired) electrons. The average Bonchev–Trinajstić information content (AvgIpc) is 2.51. The molecular weight excluding hydrogens is 223 g/mol. The number of halogens is 4. The summed E-state index contributed by atoms with van der Waals surface area (Å²) in [6.45, 7) is 7.28. The van der Waals surface area contributed by atoms with Crippen molar-refractivity contribution in [3.8, 4) is 0 Å². The summed E-state index contributed by atoms with van der Waals surface area (Å²) in [6, 6.07) is 0. The van der Waals surface area contributed by atoms with Gasteiger partial charge in [0.2, 0.25) is 0 Å². The zero-order chi connectivity index (χ0) is 11.7. The first kappa shape index (κ1) is 18.1. The Balaban J connectivity index is 0. The molecule has 16 heavy (non-hydrogen) atoms. The van der Waals surface area contributed by atoms with Crippen molar-refractivity contribution >= 4 is 7.54 Å². The number of unbranched alkanes of at least 4 members (excludes halogenated alkanes) is 2. The molecule has 0 saturated carbocycles. The molecule has 0 spiro atoms. The van der Waals surface area contributed by atoms with Crippen LogP contribution in [0.25, 0.3) is 0 Å². The van der Waals surface area contributed by atoms with Crippen molar-refractivity contribution in [1.29, 1.82) is 0 Å². The standard InChI is InChI=1S/C9H20N2.BF3.FH/c1-3-4-5-6-11-8-7-10(2)9-11;2-1(3)4;/h3-9H2,1-2H3;;1H/p-1. The van der Waals surface area contributed by atoms with E-state index in [1.54, 1.807) is 0 Å². The van der Waals surface area contributed by atoms with Crippen molar-refractivity contribution in [2.24, 2.45) is 0 Å². The summed E-state index contributed by atoms with van der Waals surface area (Å²) in [5, 5.41) is 0. The van der Waals surface area contributed by atoms with Gasteiger partial charge >= 0.3 is 7.54 Å². The van der Waals surface area contributed by atoms with E-state index in [0.717, 1.165) is 0 Å². The summed E-state index contributed by atoms with van der Waals surface area (Å²) >= 11 is 0. The van der Waals surface area contributed by atoms with E-state index in [4.69, 9.17) is 0 Å². The van der Waals surface area contributed by atoms with Crippen molar-refractivity contribution in [3.05, 3.63) is 0 Å². The van der Waals surface area contributed by atoms with Gasteiger partial charge in [0.25, 0.3) is 0 Å². The Labute approximate surface area is 95.4 Å². The number of nitrogens with zero attached hydrogens (tertiary/aromatic N) is 2. The third kappa shape index (κ3) is 11.8. The van der Waals surface area contributed by atoms with E-state index in [1.807, 2.05) is 0 Å². The van der Waals surface area contributed by atoms with Crippen LogP contribution in [0.3, 0.4) is 0 Å². The van der Waals surface area contributed by atoms with Gasteiger partial charge in [-0.25, -0.2) is 0 Å². The first-order chi connectivity index (χ1) is 7.06. The fourth-order valence-electron chi connectivity index (χ4n) is 1.56. The SMILES string of the molecule is CCCCCN1CCN(C)C1.FB(F)F.[F-]. The van der Waals surface area contributed by atoms with Crippen LogP contribution in [-0.2, 0) is 0 Å². The van der Waals surface area contributed by atoms with E-state index >= 15 is 0 Å². The predicted molar refractivity (Wildman–Crippen MR) is 57.7 cm³/mol. The topological polar surface area (TPSA) is 6.48 Å². The van der Waals surface area contributed by atoms with E-state index < -0.39 is 7.54 Å². The quantitative estimate of drug-likeness (QED) is 0.365. The van der Waals surface area contributed by atoms with Gasteiger partial charge in [-0.15, -0.1) is 0 Å². The van der Waals surface area contributed by atoms with Crippen molar-refractivity contribution in [3.63, 3.8) is 0 Å². The molecule has 0 aromatic heterocycles. The lowest BCUT2D eigenvalue weighted by Gasteiger charge is -2.14. The van der Waals surface area contributed by atoms with E-state index in [2.05, 4.69) is 23.8 Å². The second-order valence-electron chi connectivity index (χ2n) is 3.79. The van der Waals surface area contributed by atoms with Crippen molar-refractivity contribution < 1.29 is 17.7 Å². The molecule has 1 saturated heterocycles. The van der Waals surface area contributed by atoms with E-state index in [1.165, 1.54) is 45.6 Å². The highest BCUT2D eigenvalue weighted by molar-refractivity contribution is 6.33. The van der Waals surface area contributed by atoms with Gasteiger partial charge in [-0.05, 0) is 20.0 Å². The molecule has 0 aliphatic carbocycles. The van der Waals surface area contributed by atoms with Gasteiger partial charge in [-0.1, -0.05) is 19.8 Å². The first-order valence-electron chi connectivity index (χ1n) is 5.39. The van der Waals surface area contributed by atoms with Crippen LogP contribution in [0.4, 0.5) is 12.9 Å². The van der Waals surface area contributed by atoms with E-state index in [0.29, 0.717) is 0 Å². The van der Waals surface area contributed by atoms with Crippen molar-refractivity contribution in [2.45, 2.75) is 26.2 Å². The first-order valence-corrected chi connectivity index (χ1v) is 5.39. The van der Waals surface area contributed by atoms with Crippen LogP contribution in [0.2, 0.25) is 0 Å². The van der Waals surface area contributed by atoms with Crippen LogP contribution < -0.4 is 4.70 Å². The van der Waals surface area contributed by atoms with Gasteiger partial charge < -0.3 is 4.70 Å². The molecule has 2 nitrogen and oxygen atoms in total. The molecule has 0 aromatic rings. The van der Waals surface area contributed by atoms with Crippen LogP contribution >= 0.6 is 0 Å². The van der Waals surface area contributed by atoms with Crippen LogP contribution in [0.1, 0.15) is 26.2 Å². The molecule has 1 fully saturated rings. The lowest BCUT2D eigenvalue weighted by Crippen LogP contribution is -3.00. The Morgan fingerprint density at radius 2 is 1.69 bits per heavy atom. The third-order valence-electron chi connectivity index (χ3n) is 2.32. The summed E-state index contributed by atoms with van der Waals surface area (Å²) in [5.41, 5.74) is 0. The maximum Gasteiger partial charge on any atom is 0.762 e. The fourth-order valence-corrected chi connectivity index (χ4v) is 1.56. The second kappa shape index (κ2) is 11.2. The average molecular weight is 243 g/mol. The highest BCUT2D eigenvalue weighted by Gasteiger charge is 2.14. The zero-order valence-corrected chi connectivity index (χ0v) is 9.93. The van der Waals surface area contributed by atoms with Gasteiger partial charge in [0.05, 0.1) is 6.67 Å².